The number of furan rings is 1. The molecule has 1 aliphatic heterocycles. The number of nitrogens with one attached hydrogen (secondary N) is 1. The van der Waals surface area contributed by atoms with Crippen LogP contribution in [0.3, 0.4) is 0 Å². The summed E-state index contributed by atoms with van der Waals surface area (Å²) in [4.78, 5) is 14.7. The standard InChI is InChI=1S/C23H21ClN2O2/c24-19-9-6-10-20(23(19)26-15-4-5-16-26)25-22(27)14-12-18-11-13-21(28-18)17-7-2-1-3-8-17/h1-3,6-14H,4-5,15-16H2,(H,25,27). The molecule has 1 aliphatic rings. The van der Waals surface area contributed by atoms with Gasteiger partial charge in [-0.3, -0.25) is 4.79 Å². The quantitative estimate of drug-likeness (QED) is 0.554. The van der Waals surface area contributed by atoms with Crippen molar-refractivity contribution in [2.75, 3.05) is 23.3 Å². The molecule has 0 bridgehead atoms. The number of hydrogen-bond donors (Lipinski definition) is 1. The Kier molecular flexibility index (Phi) is 5.49. The van der Waals surface area contributed by atoms with Crippen molar-refractivity contribution in [2.24, 2.45) is 0 Å². The van der Waals surface area contributed by atoms with E-state index in [4.69, 9.17) is 16.0 Å². The molecule has 5 heteroatoms. The molecule has 142 valence electrons. The lowest BCUT2D eigenvalue weighted by Gasteiger charge is -2.22. The number of amides is 1. The van der Waals surface area contributed by atoms with Gasteiger partial charge in [-0.05, 0) is 43.2 Å². The summed E-state index contributed by atoms with van der Waals surface area (Å²) in [6.07, 6.45) is 5.42. The third-order valence-corrected chi connectivity index (χ3v) is 5.06. The fourth-order valence-electron chi connectivity index (χ4n) is 3.41. The van der Waals surface area contributed by atoms with E-state index in [0.29, 0.717) is 10.8 Å². The topological polar surface area (TPSA) is 45.5 Å². The number of hydrogen-bond acceptors (Lipinski definition) is 3. The molecule has 0 atom stereocenters. The Morgan fingerprint density at radius 3 is 2.57 bits per heavy atom. The highest BCUT2D eigenvalue weighted by atomic mass is 35.5. The molecule has 4 rings (SSSR count). The van der Waals surface area contributed by atoms with Crippen molar-refractivity contribution in [3.8, 4) is 11.3 Å². The van der Waals surface area contributed by atoms with Gasteiger partial charge in [-0.1, -0.05) is 48.0 Å². The first-order chi connectivity index (χ1) is 13.7. The zero-order valence-electron chi connectivity index (χ0n) is 15.4. The average Bonchev–Trinajstić information content (AvgIpc) is 3.39. The van der Waals surface area contributed by atoms with Crippen molar-refractivity contribution in [2.45, 2.75) is 12.8 Å². The number of rotatable bonds is 5. The minimum absolute atomic E-state index is 0.222. The van der Waals surface area contributed by atoms with Gasteiger partial charge in [0, 0.05) is 24.7 Å². The summed E-state index contributed by atoms with van der Waals surface area (Å²) in [7, 11) is 0. The highest BCUT2D eigenvalue weighted by molar-refractivity contribution is 6.34. The molecular formula is C23H21ClN2O2. The first-order valence-corrected chi connectivity index (χ1v) is 9.76. The maximum absolute atomic E-state index is 12.4. The van der Waals surface area contributed by atoms with E-state index < -0.39 is 0 Å². The first kappa shape index (κ1) is 18.4. The summed E-state index contributed by atoms with van der Waals surface area (Å²) in [5.41, 5.74) is 2.63. The Balaban J connectivity index is 1.47. The molecule has 0 unspecified atom stereocenters. The monoisotopic (exact) mass is 392 g/mol. The average molecular weight is 393 g/mol. The van der Waals surface area contributed by atoms with Gasteiger partial charge < -0.3 is 14.6 Å². The number of nitrogens with zero attached hydrogens (tertiary/aromatic N) is 1. The molecule has 28 heavy (non-hydrogen) atoms. The van der Waals surface area contributed by atoms with E-state index in [0.717, 1.165) is 48.6 Å². The predicted octanol–water partition coefficient (Wildman–Crippen LogP) is 5.85. The van der Waals surface area contributed by atoms with E-state index >= 15 is 0 Å². The minimum Gasteiger partial charge on any atom is -0.457 e. The Morgan fingerprint density at radius 1 is 1.00 bits per heavy atom. The summed E-state index contributed by atoms with van der Waals surface area (Å²) in [5.74, 6) is 1.17. The maximum Gasteiger partial charge on any atom is 0.248 e. The molecule has 2 aromatic carbocycles. The summed E-state index contributed by atoms with van der Waals surface area (Å²) in [5, 5.41) is 3.60. The second kappa shape index (κ2) is 8.36. The van der Waals surface area contributed by atoms with Gasteiger partial charge in [0.1, 0.15) is 11.5 Å². The lowest BCUT2D eigenvalue weighted by molar-refractivity contribution is -0.111. The molecule has 3 aromatic rings. The lowest BCUT2D eigenvalue weighted by atomic mass is 10.2. The normalized spacial score (nSPS) is 14.0. The van der Waals surface area contributed by atoms with E-state index in [1.165, 1.54) is 6.08 Å². The number of carbonyl (C=O) groups excluding carboxylic acids is 1. The predicted molar refractivity (Wildman–Crippen MR) is 115 cm³/mol. The van der Waals surface area contributed by atoms with E-state index in [9.17, 15) is 4.79 Å². The van der Waals surface area contributed by atoms with Gasteiger partial charge in [0.05, 0.1) is 16.4 Å². The molecule has 1 amide bonds. The molecule has 2 heterocycles. The zero-order chi connectivity index (χ0) is 19.3. The van der Waals surface area contributed by atoms with Crippen LogP contribution in [0.5, 0.6) is 0 Å². The van der Waals surface area contributed by atoms with Gasteiger partial charge in [0.25, 0.3) is 0 Å². The molecule has 1 fully saturated rings. The molecule has 0 aliphatic carbocycles. The van der Waals surface area contributed by atoms with Crippen LogP contribution in [0.25, 0.3) is 17.4 Å². The van der Waals surface area contributed by atoms with E-state index in [1.807, 2.05) is 60.7 Å². The van der Waals surface area contributed by atoms with Crippen molar-refractivity contribution in [1.82, 2.24) is 0 Å². The number of para-hydroxylation sites is 1. The first-order valence-electron chi connectivity index (χ1n) is 9.38. The van der Waals surface area contributed by atoms with Crippen molar-refractivity contribution in [3.63, 3.8) is 0 Å². The van der Waals surface area contributed by atoms with Crippen LogP contribution in [0.15, 0.2) is 71.2 Å². The second-order valence-corrected chi connectivity index (χ2v) is 7.13. The third kappa shape index (κ3) is 4.12. The van der Waals surface area contributed by atoms with Gasteiger partial charge in [-0.25, -0.2) is 0 Å². The largest absolute Gasteiger partial charge is 0.457 e. The SMILES string of the molecule is O=C(C=Cc1ccc(-c2ccccc2)o1)Nc1cccc(Cl)c1N1CCCC1. The van der Waals surface area contributed by atoms with Gasteiger partial charge in [-0.2, -0.15) is 0 Å². The van der Waals surface area contributed by atoms with Gasteiger partial charge in [-0.15, -0.1) is 0 Å². The number of halogens is 1. The van der Waals surface area contributed by atoms with Gasteiger partial charge in [0.2, 0.25) is 5.91 Å². The van der Waals surface area contributed by atoms with E-state index in [1.54, 1.807) is 6.08 Å². The van der Waals surface area contributed by atoms with Crippen LogP contribution < -0.4 is 10.2 Å². The van der Waals surface area contributed by atoms with E-state index in [-0.39, 0.29) is 5.91 Å². The maximum atomic E-state index is 12.4. The highest BCUT2D eigenvalue weighted by Gasteiger charge is 2.19. The Hall–Kier alpha value is -2.98. The van der Waals surface area contributed by atoms with Crippen molar-refractivity contribution in [1.29, 1.82) is 0 Å². The molecule has 1 saturated heterocycles. The minimum atomic E-state index is -0.222. The molecule has 1 aromatic heterocycles. The highest BCUT2D eigenvalue weighted by Crippen LogP contribution is 2.36. The van der Waals surface area contributed by atoms with Crippen LogP contribution in [0.2, 0.25) is 5.02 Å². The lowest BCUT2D eigenvalue weighted by Crippen LogP contribution is -2.21. The van der Waals surface area contributed by atoms with Crippen molar-refractivity contribution < 1.29 is 9.21 Å². The van der Waals surface area contributed by atoms with Crippen molar-refractivity contribution in [3.05, 3.63) is 77.5 Å². The van der Waals surface area contributed by atoms with Crippen LogP contribution in [0, 0.1) is 0 Å². The van der Waals surface area contributed by atoms with Crippen LogP contribution in [0.1, 0.15) is 18.6 Å². The fourth-order valence-corrected chi connectivity index (χ4v) is 3.70. The zero-order valence-corrected chi connectivity index (χ0v) is 16.2. The summed E-state index contributed by atoms with van der Waals surface area (Å²) < 4.78 is 5.80. The second-order valence-electron chi connectivity index (χ2n) is 6.72. The Morgan fingerprint density at radius 2 is 1.79 bits per heavy atom. The summed E-state index contributed by atoms with van der Waals surface area (Å²) in [6.45, 7) is 1.91. The Labute approximate surface area is 169 Å². The third-order valence-electron chi connectivity index (χ3n) is 4.75. The number of anilines is 2. The smallest absolute Gasteiger partial charge is 0.248 e. The molecule has 0 radical (unpaired) electrons. The number of carbonyl (C=O) groups is 1. The molecule has 4 nitrogen and oxygen atoms in total. The molecular weight excluding hydrogens is 372 g/mol. The fraction of sp³-hybridized carbons (Fsp3) is 0.174. The summed E-state index contributed by atoms with van der Waals surface area (Å²) in [6, 6.07) is 19.2. The van der Waals surface area contributed by atoms with E-state index in [2.05, 4.69) is 10.2 Å². The number of benzene rings is 2. The molecule has 0 spiro atoms. The summed E-state index contributed by atoms with van der Waals surface area (Å²) >= 11 is 6.40. The molecule has 1 N–H and O–H groups in total. The van der Waals surface area contributed by atoms with Crippen molar-refractivity contribution >= 4 is 35.0 Å². The van der Waals surface area contributed by atoms with Crippen LogP contribution in [0.4, 0.5) is 11.4 Å². The van der Waals surface area contributed by atoms with Crippen LogP contribution in [-0.4, -0.2) is 19.0 Å². The van der Waals surface area contributed by atoms with Gasteiger partial charge in [0.15, 0.2) is 0 Å². The Bertz CT molecular complexity index is 989. The van der Waals surface area contributed by atoms with Crippen LogP contribution >= 0.6 is 11.6 Å². The van der Waals surface area contributed by atoms with Gasteiger partial charge >= 0.3 is 0 Å². The van der Waals surface area contributed by atoms with Crippen LogP contribution in [-0.2, 0) is 4.79 Å². The molecule has 0 saturated carbocycles.